The standard InChI is InChI=1S/C22H33N3O3/c1-2-3-4-8-14-20(26)25-17-9-13-19(25)22(28)24-16-10-15-23-21(27)18-11-6-5-7-12-18/h5-7,11-12,19H,2-4,8-10,13-17H2,1H3,(H,23,27)(H,24,28)/t19-/m0/s1. The molecule has 0 saturated carbocycles. The Bertz CT molecular complexity index is 633. The van der Waals surface area contributed by atoms with Crippen molar-refractivity contribution in [2.75, 3.05) is 19.6 Å². The molecule has 0 radical (unpaired) electrons. The van der Waals surface area contributed by atoms with E-state index >= 15 is 0 Å². The molecule has 0 unspecified atom stereocenters. The summed E-state index contributed by atoms with van der Waals surface area (Å²) in [6.07, 6.45) is 7.08. The maximum absolute atomic E-state index is 12.5. The maximum Gasteiger partial charge on any atom is 0.251 e. The molecule has 6 nitrogen and oxygen atoms in total. The SMILES string of the molecule is CCCCCCC(=O)N1CCC[C@H]1C(=O)NCCCNC(=O)c1ccccc1. The lowest BCUT2D eigenvalue weighted by atomic mass is 10.1. The fraction of sp³-hybridized carbons (Fsp3) is 0.591. The van der Waals surface area contributed by atoms with Gasteiger partial charge in [-0.3, -0.25) is 14.4 Å². The van der Waals surface area contributed by atoms with Crippen LogP contribution in [0.25, 0.3) is 0 Å². The first-order chi connectivity index (χ1) is 13.6. The molecule has 2 rings (SSSR count). The normalized spacial score (nSPS) is 16.0. The molecule has 0 bridgehead atoms. The fourth-order valence-electron chi connectivity index (χ4n) is 3.50. The number of likely N-dealkylation sites (tertiary alicyclic amines) is 1. The van der Waals surface area contributed by atoms with Crippen LogP contribution in [0.2, 0.25) is 0 Å². The fourth-order valence-corrected chi connectivity index (χ4v) is 3.50. The minimum Gasteiger partial charge on any atom is -0.354 e. The van der Waals surface area contributed by atoms with Crippen LogP contribution in [-0.4, -0.2) is 48.3 Å². The Morgan fingerprint density at radius 1 is 1.00 bits per heavy atom. The second kappa shape index (κ2) is 12.2. The first-order valence-electron chi connectivity index (χ1n) is 10.5. The van der Waals surface area contributed by atoms with Crippen molar-refractivity contribution in [3.63, 3.8) is 0 Å². The molecule has 1 aliphatic rings. The van der Waals surface area contributed by atoms with Gasteiger partial charge >= 0.3 is 0 Å². The molecule has 0 aliphatic carbocycles. The van der Waals surface area contributed by atoms with Gasteiger partial charge in [0.25, 0.3) is 5.91 Å². The highest BCUT2D eigenvalue weighted by Gasteiger charge is 2.33. The lowest BCUT2D eigenvalue weighted by Gasteiger charge is -2.24. The van der Waals surface area contributed by atoms with Crippen LogP contribution in [-0.2, 0) is 9.59 Å². The minimum absolute atomic E-state index is 0.0752. The van der Waals surface area contributed by atoms with Crippen LogP contribution in [0.15, 0.2) is 30.3 Å². The van der Waals surface area contributed by atoms with E-state index in [1.165, 1.54) is 0 Å². The van der Waals surface area contributed by atoms with Crippen LogP contribution >= 0.6 is 0 Å². The van der Waals surface area contributed by atoms with E-state index in [4.69, 9.17) is 0 Å². The van der Waals surface area contributed by atoms with Gasteiger partial charge in [-0.05, 0) is 37.8 Å². The van der Waals surface area contributed by atoms with E-state index in [1.54, 1.807) is 17.0 Å². The van der Waals surface area contributed by atoms with Gasteiger partial charge in [-0.1, -0.05) is 44.4 Å². The summed E-state index contributed by atoms with van der Waals surface area (Å²) in [6, 6.07) is 8.73. The molecular weight excluding hydrogens is 354 g/mol. The lowest BCUT2D eigenvalue weighted by molar-refractivity contribution is -0.138. The van der Waals surface area contributed by atoms with Crippen molar-refractivity contribution in [1.82, 2.24) is 15.5 Å². The highest BCUT2D eigenvalue weighted by atomic mass is 16.2. The Morgan fingerprint density at radius 2 is 1.75 bits per heavy atom. The lowest BCUT2D eigenvalue weighted by Crippen LogP contribution is -2.46. The zero-order chi connectivity index (χ0) is 20.2. The van der Waals surface area contributed by atoms with E-state index in [9.17, 15) is 14.4 Å². The molecule has 1 saturated heterocycles. The topological polar surface area (TPSA) is 78.5 Å². The number of nitrogens with zero attached hydrogens (tertiary/aromatic N) is 1. The predicted molar refractivity (Wildman–Crippen MR) is 110 cm³/mol. The summed E-state index contributed by atoms with van der Waals surface area (Å²) in [6.45, 7) is 3.81. The number of hydrogen-bond donors (Lipinski definition) is 2. The number of nitrogens with one attached hydrogen (secondary N) is 2. The Morgan fingerprint density at radius 3 is 2.50 bits per heavy atom. The van der Waals surface area contributed by atoms with Gasteiger partial charge in [0.2, 0.25) is 11.8 Å². The molecule has 0 spiro atoms. The summed E-state index contributed by atoms with van der Waals surface area (Å²) < 4.78 is 0. The van der Waals surface area contributed by atoms with Crippen molar-refractivity contribution in [3.05, 3.63) is 35.9 Å². The average molecular weight is 388 g/mol. The van der Waals surface area contributed by atoms with E-state index in [0.29, 0.717) is 38.0 Å². The van der Waals surface area contributed by atoms with Gasteiger partial charge in [-0.2, -0.15) is 0 Å². The van der Waals surface area contributed by atoms with Crippen LogP contribution in [0.1, 0.15) is 68.6 Å². The highest BCUT2D eigenvalue weighted by Crippen LogP contribution is 2.19. The molecule has 1 heterocycles. The summed E-state index contributed by atoms with van der Waals surface area (Å²) in [4.78, 5) is 38.6. The quantitative estimate of drug-likeness (QED) is 0.573. The second-order valence-electron chi connectivity index (χ2n) is 7.32. The Kier molecular flexibility index (Phi) is 9.52. The number of rotatable bonds is 11. The monoisotopic (exact) mass is 387 g/mol. The number of carbonyl (C=O) groups is 3. The minimum atomic E-state index is -0.336. The van der Waals surface area contributed by atoms with Gasteiger partial charge in [0, 0.05) is 31.6 Å². The van der Waals surface area contributed by atoms with Gasteiger partial charge in [-0.25, -0.2) is 0 Å². The number of benzene rings is 1. The Labute approximate surface area is 168 Å². The van der Waals surface area contributed by atoms with E-state index in [-0.39, 0.29) is 23.8 Å². The van der Waals surface area contributed by atoms with Crippen molar-refractivity contribution in [3.8, 4) is 0 Å². The number of unbranched alkanes of at least 4 members (excludes halogenated alkanes) is 3. The van der Waals surface area contributed by atoms with Crippen LogP contribution in [0, 0.1) is 0 Å². The van der Waals surface area contributed by atoms with Crippen molar-refractivity contribution in [1.29, 1.82) is 0 Å². The summed E-state index contributed by atoms with van der Waals surface area (Å²) in [7, 11) is 0. The van der Waals surface area contributed by atoms with Gasteiger partial charge in [-0.15, -0.1) is 0 Å². The largest absolute Gasteiger partial charge is 0.354 e. The molecule has 1 aromatic carbocycles. The smallest absolute Gasteiger partial charge is 0.251 e. The Balaban J connectivity index is 1.64. The Hall–Kier alpha value is -2.37. The van der Waals surface area contributed by atoms with Gasteiger partial charge in [0.1, 0.15) is 6.04 Å². The molecule has 1 aliphatic heterocycles. The van der Waals surface area contributed by atoms with Crippen LogP contribution in [0.4, 0.5) is 0 Å². The first-order valence-corrected chi connectivity index (χ1v) is 10.5. The molecule has 154 valence electrons. The van der Waals surface area contributed by atoms with Crippen LogP contribution < -0.4 is 10.6 Å². The van der Waals surface area contributed by atoms with E-state index in [2.05, 4.69) is 17.6 Å². The molecule has 1 atom stereocenters. The summed E-state index contributed by atoms with van der Waals surface area (Å²) >= 11 is 0. The zero-order valence-electron chi connectivity index (χ0n) is 16.9. The third kappa shape index (κ3) is 6.98. The number of amides is 3. The molecule has 28 heavy (non-hydrogen) atoms. The van der Waals surface area contributed by atoms with E-state index in [0.717, 1.165) is 38.5 Å². The second-order valence-corrected chi connectivity index (χ2v) is 7.32. The maximum atomic E-state index is 12.5. The van der Waals surface area contributed by atoms with Crippen molar-refractivity contribution < 1.29 is 14.4 Å². The summed E-state index contributed by atoms with van der Waals surface area (Å²) in [5.74, 6) is -0.0831. The van der Waals surface area contributed by atoms with Crippen LogP contribution in [0.3, 0.4) is 0 Å². The predicted octanol–water partition coefficient (Wildman–Crippen LogP) is 2.88. The third-order valence-electron chi connectivity index (χ3n) is 5.09. The first kappa shape index (κ1) is 21.9. The van der Waals surface area contributed by atoms with Crippen molar-refractivity contribution in [2.24, 2.45) is 0 Å². The molecular formula is C22H33N3O3. The van der Waals surface area contributed by atoms with Crippen molar-refractivity contribution >= 4 is 17.7 Å². The molecule has 1 aromatic rings. The van der Waals surface area contributed by atoms with E-state index in [1.807, 2.05) is 18.2 Å². The van der Waals surface area contributed by atoms with Crippen LogP contribution in [0.5, 0.6) is 0 Å². The zero-order valence-corrected chi connectivity index (χ0v) is 16.9. The number of hydrogen-bond acceptors (Lipinski definition) is 3. The highest BCUT2D eigenvalue weighted by molar-refractivity contribution is 5.94. The molecule has 0 aromatic heterocycles. The third-order valence-corrected chi connectivity index (χ3v) is 5.09. The number of carbonyl (C=O) groups excluding carboxylic acids is 3. The van der Waals surface area contributed by atoms with Gasteiger partial charge < -0.3 is 15.5 Å². The van der Waals surface area contributed by atoms with Gasteiger partial charge in [0.05, 0.1) is 0 Å². The molecule has 3 amide bonds. The molecule has 6 heteroatoms. The molecule has 1 fully saturated rings. The van der Waals surface area contributed by atoms with Gasteiger partial charge in [0.15, 0.2) is 0 Å². The van der Waals surface area contributed by atoms with Crippen molar-refractivity contribution in [2.45, 2.75) is 64.3 Å². The average Bonchev–Trinajstić information content (AvgIpc) is 3.21. The van der Waals surface area contributed by atoms with E-state index < -0.39 is 0 Å². The molecule has 2 N–H and O–H groups in total. The summed E-state index contributed by atoms with van der Waals surface area (Å²) in [5.41, 5.74) is 0.630. The summed E-state index contributed by atoms with van der Waals surface area (Å²) in [5, 5.41) is 5.76.